The Hall–Kier alpha value is -2.30. The summed E-state index contributed by atoms with van der Waals surface area (Å²) in [5.74, 6) is 0.281. The summed E-state index contributed by atoms with van der Waals surface area (Å²) in [5, 5.41) is 0.713. The van der Waals surface area contributed by atoms with Gasteiger partial charge in [0.15, 0.2) is 11.5 Å². The molecule has 0 spiro atoms. The lowest BCUT2D eigenvalue weighted by molar-refractivity contribution is -0.134. The third-order valence-corrected chi connectivity index (χ3v) is 2.71. The lowest BCUT2D eigenvalue weighted by atomic mass is 10.2. The number of ether oxygens (including phenoxy) is 2. The van der Waals surface area contributed by atoms with E-state index in [2.05, 4.69) is 0 Å². The van der Waals surface area contributed by atoms with Gasteiger partial charge in [-0.05, 0) is 19.1 Å². The minimum absolute atomic E-state index is 0.244. The molecule has 1 heterocycles. The maximum Gasteiger partial charge on any atom is 0.339 e. The van der Waals surface area contributed by atoms with Crippen molar-refractivity contribution in [1.82, 2.24) is 0 Å². The van der Waals surface area contributed by atoms with Crippen LogP contribution in [-0.2, 0) is 4.79 Å². The highest BCUT2D eigenvalue weighted by Gasteiger charge is 2.12. The van der Waals surface area contributed by atoms with Crippen molar-refractivity contribution >= 4 is 16.9 Å². The Bertz CT molecular complexity index is 684. The van der Waals surface area contributed by atoms with Crippen LogP contribution in [0.25, 0.3) is 11.0 Å². The van der Waals surface area contributed by atoms with Crippen LogP contribution in [0, 0.1) is 6.92 Å². The van der Waals surface area contributed by atoms with Crippen LogP contribution in [0.5, 0.6) is 11.5 Å². The summed E-state index contributed by atoms with van der Waals surface area (Å²) in [6, 6.07) is 4.86. The molecule has 0 aliphatic carbocycles. The number of carbonyl (C=O) groups is 1. The average molecular weight is 262 g/mol. The summed E-state index contributed by atoms with van der Waals surface area (Å²) in [7, 11) is 1.48. The Morgan fingerprint density at radius 2 is 2.00 bits per heavy atom. The minimum Gasteiger partial charge on any atom is -0.493 e. The molecule has 0 radical (unpaired) electrons. The van der Waals surface area contributed by atoms with Gasteiger partial charge in [0, 0.05) is 23.4 Å². The molecule has 0 unspecified atom stereocenters. The van der Waals surface area contributed by atoms with Crippen molar-refractivity contribution in [3.63, 3.8) is 0 Å². The fourth-order valence-corrected chi connectivity index (χ4v) is 1.66. The van der Waals surface area contributed by atoms with Gasteiger partial charge in [0.1, 0.15) is 5.58 Å². The largest absolute Gasteiger partial charge is 0.493 e. The SMILES string of the molecule is CCC(=O)Oc1cc2oc(=O)c(C)cc2cc1OC. The Morgan fingerprint density at radius 1 is 1.26 bits per heavy atom. The predicted molar refractivity (Wildman–Crippen MR) is 69.7 cm³/mol. The quantitative estimate of drug-likeness (QED) is 0.483. The second-order valence-corrected chi connectivity index (χ2v) is 4.09. The summed E-state index contributed by atoms with van der Waals surface area (Å²) >= 11 is 0. The van der Waals surface area contributed by atoms with Crippen LogP contribution in [-0.4, -0.2) is 13.1 Å². The van der Waals surface area contributed by atoms with E-state index in [-0.39, 0.29) is 18.1 Å². The first kappa shape index (κ1) is 13.1. The van der Waals surface area contributed by atoms with Gasteiger partial charge in [-0.2, -0.15) is 0 Å². The first-order valence-corrected chi connectivity index (χ1v) is 5.88. The van der Waals surface area contributed by atoms with Gasteiger partial charge in [-0.15, -0.1) is 0 Å². The van der Waals surface area contributed by atoms with Crippen molar-refractivity contribution in [1.29, 1.82) is 0 Å². The van der Waals surface area contributed by atoms with Crippen molar-refractivity contribution < 1.29 is 18.7 Å². The molecule has 0 bridgehead atoms. The molecule has 0 saturated carbocycles. The highest BCUT2D eigenvalue weighted by molar-refractivity contribution is 5.83. The molecule has 19 heavy (non-hydrogen) atoms. The van der Waals surface area contributed by atoms with Crippen LogP contribution in [0.4, 0.5) is 0 Å². The molecule has 0 amide bonds. The van der Waals surface area contributed by atoms with Crippen LogP contribution in [0.2, 0.25) is 0 Å². The molecule has 1 aromatic heterocycles. The van der Waals surface area contributed by atoms with E-state index < -0.39 is 5.63 Å². The van der Waals surface area contributed by atoms with Crippen LogP contribution in [0.1, 0.15) is 18.9 Å². The molecule has 5 nitrogen and oxygen atoms in total. The molecule has 0 aliphatic rings. The number of benzene rings is 1. The zero-order chi connectivity index (χ0) is 14.0. The molecular weight excluding hydrogens is 248 g/mol. The van der Waals surface area contributed by atoms with Crippen LogP contribution >= 0.6 is 0 Å². The number of aryl methyl sites for hydroxylation is 1. The molecule has 0 N–H and O–H groups in total. The summed E-state index contributed by atoms with van der Waals surface area (Å²) in [5.41, 5.74) is 0.452. The van der Waals surface area contributed by atoms with Crippen molar-refractivity contribution in [3.8, 4) is 11.5 Å². The van der Waals surface area contributed by atoms with E-state index >= 15 is 0 Å². The molecule has 100 valence electrons. The van der Waals surface area contributed by atoms with E-state index in [4.69, 9.17) is 13.9 Å². The molecule has 0 atom stereocenters. The molecule has 2 aromatic rings. The van der Waals surface area contributed by atoms with Gasteiger partial charge in [-0.3, -0.25) is 4.79 Å². The Kier molecular flexibility index (Phi) is 3.55. The van der Waals surface area contributed by atoms with Gasteiger partial charge in [-0.1, -0.05) is 6.92 Å². The van der Waals surface area contributed by atoms with E-state index in [0.29, 0.717) is 22.3 Å². The average Bonchev–Trinajstić information content (AvgIpc) is 2.39. The van der Waals surface area contributed by atoms with Gasteiger partial charge in [-0.25, -0.2) is 4.79 Å². The lowest BCUT2D eigenvalue weighted by Crippen LogP contribution is -2.07. The highest BCUT2D eigenvalue weighted by Crippen LogP contribution is 2.32. The maximum atomic E-state index is 11.5. The normalized spacial score (nSPS) is 10.5. The zero-order valence-corrected chi connectivity index (χ0v) is 11.0. The molecule has 0 saturated heterocycles. The smallest absolute Gasteiger partial charge is 0.339 e. The van der Waals surface area contributed by atoms with E-state index in [0.717, 1.165) is 0 Å². The zero-order valence-electron chi connectivity index (χ0n) is 11.0. The van der Waals surface area contributed by atoms with Crippen molar-refractivity contribution in [2.75, 3.05) is 7.11 Å². The van der Waals surface area contributed by atoms with Crippen LogP contribution in [0.3, 0.4) is 0 Å². The second-order valence-electron chi connectivity index (χ2n) is 4.09. The van der Waals surface area contributed by atoms with E-state index in [1.54, 1.807) is 26.0 Å². The van der Waals surface area contributed by atoms with Crippen molar-refractivity contribution in [3.05, 3.63) is 34.2 Å². The summed E-state index contributed by atoms with van der Waals surface area (Å²) < 4.78 is 15.5. The molecule has 0 fully saturated rings. The summed E-state index contributed by atoms with van der Waals surface area (Å²) in [6.07, 6.45) is 0.249. The molecular formula is C14H14O5. The maximum absolute atomic E-state index is 11.5. The first-order chi connectivity index (χ1) is 9.05. The van der Waals surface area contributed by atoms with Gasteiger partial charge < -0.3 is 13.9 Å². The Morgan fingerprint density at radius 3 is 2.63 bits per heavy atom. The number of esters is 1. The number of methoxy groups -OCH3 is 1. The number of rotatable bonds is 3. The van der Waals surface area contributed by atoms with E-state index in [9.17, 15) is 9.59 Å². The third-order valence-electron chi connectivity index (χ3n) is 2.71. The first-order valence-electron chi connectivity index (χ1n) is 5.88. The molecule has 2 rings (SSSR count). The Labute approximate surface area is 109 Å². The molecule has 1 aromatic carbocycles. The van der Waals surface area contributed by atoms with Gasteiger partial charge in [0.05, 0.1) is 7.11 Å². The number of carbonyl (C=O) groups excluding carboxylic acids is 1. The second kappa shape index (κ2) is 5.14. The lowest BCUT2D eigenvalue weighted by Gasteiger charge is -2.09. The highest BCUT2D eigenvalue weighted by atomic mass is 16.6. The van der Waals surface area contributed by atoms with Gasteiger partial charge in [0.2, 0.25) is 0 Å². The number of fused-ring (bicyclic) bond motifs is 1. The fourth-order valence-electron chi connectivity index (χ4n) is 1.66. The van der Waals surface area contributed by atoms with Crippen molar-refractivity contribution in [2.24, 2.45) is 0 Å². The summed E-state index contributed by atoms with van der Waals surface area (Å²) in [4.78, 5) is 22.8. The fraction of sp³-hybridized carbons (Fsp3) is 0.286. The predicted octanol–water partition coefficient (Wildman–Crippen LogP) is 2.43. The van der Waals surface area contributed by atoms with E-state index in [1.165, 1.54) is 13.2 Å². The van der Waals surface area contributed by atoms with Gasteiger partial charge >= 0.3 is 11.6 Å². The Balaban J connectivity index is 2.60. The van der Waals surface area contributed by atoms with Crippen LogP contribution < -0.4 is 15.1 Å². The molecule has 5 heteroatoms. The van der Waals surface area contributed by atoms with E-state index in [1.807, 2.05) is 0 Å². The minimum atomic E-state index is -0.412. The topological polar surface area (TPSA) is 65.7 Å². The van der Waals surface area contributed by atoms with Crippen molar-refractivity contribution in [2.45, 2.75) is 20.3 Å². The summed E-state index contributed by atoms with van der Waals surface area (Å²) in [6.45, 7) is 3.36. The monoisotopic (exact) mass is 262 g/mol. The van der Waals surface area contributed by atoms with Crippen LogP contribution in [0.15, 0.2) is 27.4 Å². The standard InChI is InChI=1S/C14H14O5/c1-4-13(15)18-12-7-10-9(6-11(12)17-3)5-8(2)14(16)19-10/h5-7H,4H2,1-3H3. The van der Waals surface area contributed by atoms with Gasteiger partial charge in [0.25, 0.3) is 0 Å². The number of hydrogen-bond acceptors (Lipinski definition) is 5. The molecule has 0 aliphatic heterocycles. The number of hydrogen-bond donors (Lipinski definition) is 0. The third kappa shape index (κ3) is 2.59.